The molecule has 1 unspecified atom stereocenters. The molecule has 1 fully saturated rings. The topological polar surface area (TPSA) is 88.6 Å². The number of fused-ring (bicyclic) bond motifs is 1. The number of aliphatic hydroxyl groups excluding tert-OH is 1. The number of pyridine rings is 1. The van der Waals surface area contributed by atoms with Crippen LogP contribution in [0.15, 0.2) is 53.1 Å². The highest BCUT2D eigenvalue weighted by atomic mass is 16.5. The van der Waals surface area contributed by atoms with Crippen LogP contribution in [-0.4, -0.2) is 59.8 Å². The zero-order valence-corrected chi connectivity index (χ0v) is 19.7. The van der Waals surface area contributed by atoms with Gasteiger partial charge in [-0.1, -0.05) is 23.8 Å². The van der Waals surface area contributed by atoms with Crippen LogP contribution >= 0.6 is 0 Å². The van der Waals surface area contributed by atoms with E-state index in [0.29, 0.717) is 42.3 Å². The molecule has 1 aliphatic heterocycles. The number of furan rings is 1. The number of aliphatic hydroxyl groups is 1. The zero-order chi connectivity index (χ0) is 23.5. The lowest BCUT2D eigenvalue weighted by atomic mass is 10.1. The fourth-order valence-corrected chi connectivity index (χ4v) is 4.36. The molecule has 0 amide bonds. The van der Waals surface area contributed by atoms with Crippen LogP contribution in [0.25, 0.3) is 28.2 Å². The van der Waals surface area contributed by atoms with Gasteiger partial charge >= 0.3 is 0 Å². The Kier molecular flexibility index (Phi) is 6.62. The first-order valence-electron chi connectivity index (χ1n) is 11.9. The van der Waals surface area contributed by atoms with Crippen molar-refractivity contribution in [3.63, 3.8) is 0 Å². The Labute approximate surface area is 199 Å². The Morgan fingerprint density at radius 2 is 2.00 bits per heavy atom. The number of morpholine rings is 1. The van der Waals surface area contributed by atoms with Crippen molar-refractivity contribution in [2.24, 2.45) is 0 Å². The summed E-state index contributed by atoms with van der Waals surface area (Å²) in [5.74, 6) is 1.26. The lowest BCUT2D eigenvalue weighted by molar-refractivity contribution is 0.122. The number of benzene rings is 1. The van der Waals surface area contributed by atoms with Gasteiger partial charge in [-0.3, -0.25) is 0 Å². The normalized spacial score (nSPS) is 15.2. The number of nitrogens with one attached hydrogen (secondary N) is 1. The van der Waals surface area contributed by atoms with E-state index in [2.05, 4.69) is 35.3 Å². The van der Waals surface area contributed by atoms with E-state index in [-0.39, 0.29) is 0 Å². The Bertz CT molecular complexity index is 1260. The molecule has 1 atom stereocenters. The van der Waals surface area contributed by atoms with Crippen molar-refractivity contribution in [1.82, 2.24) is 20.1 Å². The van der Waals surface area contributed by atoms with Crippen molar-refractivity contribution in [1.29, 1.82) is 0 Å². The maximum atomic E-state index is 10.7. The van der Waals surface area contributed by atoms with Crippen LogP contribution in [-0.2, 0) is 4.74 Å². The van der Waals surface area contributed by atoms with E-state index in [1.807, 2.05) is 37.5 Å². The van der Waals surface area contributed by atoms with Crippen molar-refractivity contribution in [3.05, 3.63) is 60.0 Å². The molecule has 4 aromatic rings. The standard InChI is InChI=1S/C26H31N5O3/c1-18-5-3-6-19(15-18)20-8-10-31(29-20)25-17-22(30-11-13-33-14-12-30)26-21(28-25)16-24(34-26)23(32)7-4-9-27-2/h3,5-6,8,10,15-17,23,27,32H,4,7,9,11-14H2,1-2H3. The summed E-state index contributed by atoms with van der Waals surface area (Å²) in [6.45, 7) is 5.80. The summed E-state index contributed by atoms with van der Waals surface area (Å²) >= 11 is 0. The van der Waals surface area contributed by atoms with Crippen LogP contribution in [0.4, 0.5) is 5.69 Å². The summed E-state index contributed by atoms with van der Waals surface area (Å²) in [4.78, 5) is 7.10. The Hall–Kier alpha value is -3.20. The van der Waals surface area contributed by atoms with E-state index in [0.717, 1.165) is 43.0 Å². The van der Waals surface area contributed by atoms with Gasteiger partial charge in [0.2, 0.25) is 0 Å². The number of hydrogen-bond acceptors (Lipinski definition) is 7. The molecule has 178 valence electrons. The van der Waals surface area contributed by atoms with Crippen molar-refractivity contribution >= 4 is 16.8 Å². The minimum Gasteiger partial charge on any atom is -0.454 e. The second-order valence-electron chi connectivity index (χ2n) is 8.74. The predicted octanol–water partition coefficient (Wildman–Crippen LogP) is 3.86. The molecule has 5 rings (SSSR count). The van der Waals surface area contributed by atoms with E-state index >= 15 is 0 Å². The maximum absolute atomic E-state index is 10.7. The predicted molar refractivity (Wildman–Crippen MR) is 132 cm³/mol. The fourth-order valence-electron chi connectivity index (χ4n) is 4.36. The molecule has 8 nitrogen and oxygen atoms in total. The van der Waals surface area contributed by atoms with Gasteiger partial charge in [0.25, 0.3) is 0 Å². The smallest absolute Gasteiger partial charge is 0.176 e. The maximum Gasteiger partial charge on any atom is 0.176 e. The molecule has 3 aromatic heterocycles. The molecule has 0 aliphatic carbocycles. The van der Waals surface area contributed by atoms with Crippen LogP contribution in [0.3, 0.4) is 0 Å². The van der Waals surface area contributed by atoms with Gasteiger partial charge in [-0.15, -0.1) is 0 Å². The van der Waals surface area contributed by atoms with Crippen molar-refractivity contribution in [2.75, 3.05) is 44.8 Å². The average Bonchev–Trinajstić information content (AvgIpc) is 3.52. The highest BCUT2D eigenvalue weighted by Crippen LogP contribution is 2.34. The Balaban J connectivity index is 1.53. The number of aryl methyl sites for hydroxylation is 1. The van der Waals surface area contributed by atoms with E-state index in [9.17, 15) is 5.11 Å². The first-order valence-corrected chi connectivity index (χ1v) is 11.9. The van der Waals surface area contributed by atoms with Gasteiger partial charge in [-0.05, 0) is 45.5 Å². The number of ether oxygens (including phenoxy) is 1. The first-order chi connectivity index (χ1) is 16.6. The third kappa shape index (κ3) is 4.70. The molecule has 1 aliphatic rings. The summed E-state index contributed by atoms with van der Waals surface area (Å²) in [5, 5.41) is 18.6. The first kappa shape index (κ1) is 22.6. The van der Waals surface area contributed by atoms with Crippen molar-refractivity contribution in [3.8, 4) is 17.1 Å². The molecule has 8 heteroatoms. The molecular formula is C26H31N5O3. The third-order valence-electron chi connectivity index (χ3n) is 6.19. The van der Waals surface area contributed by atoms with Crippen LogP contribution in [0.5, 0.6) is 0 Å². The van der Waals surface area contributed by atoms with Crippen LogP contribution in [0, 0.1) is 6.92 Å². The molecule has 0 radical (unpaired) electrons. The van der Waals surface area contributed by atoms with E-state index in [1.54, 1.807) is 4.68 Å². The lowest BCUT2D eigenvalue weighted by Crippen LogP contribution is -2.36. The molecule has 1 aromatic carbocycles. The molecule has 0 spiro atoms. The lowest BCUT2D eigenvalue weighted by Gasteiger charge is -2.29. The van der Waals surface area contributed by atoms with Gasteiger partial charge in [0.05, 0.1) is 24.6 Å². The summed E-state index contributed by atoms with van der Waals surface area (Å²) in [6, 6.07) is 14.2. The highest BCUT2D eigenvalue weighted by Gasteiger charge is 2.22. The van der Waals surface area contributed by atoms with Crippen molar-refractivity contribution < 1.29 is 14.3 Å². The molecule has 34 heavy (non-hydrogen) atoms. The largest absolute Gasteiger partial charge is 0.454 e. The molecule has 1 saturated heterocycles. The molecular weight excluding hydrogens is 430 g/mol. The molecule has 0 saturated carbocycles. The highest BCUT2D eigenvalue weighted by molar-refractivity contribution is 5.88. The summed E-state index contributed by atoms with van der Waals surface area (Å²) < 4.78 is 13.5. The Morgan fingerprint density at radius 1 is 1.15 bits per heavy atom. The minimum atomic E-state index is -0.666. The van der Waals surface area contributed by atoms with Crippen LogP contribution in [0.2, 0.25) is 0 Å². The van der Waals surface area contributed by atoms with Gasteiger partial charge in [0.15, 0.2) is 11.4 Å². The summed E-state index contributed by atoms with van der Waals surface area (Å²) in [6.07, 6.45) is 2.75. The van der Waals surface area contributed by atoms with Crippen molar-refractivity contribution in [2.45, 2.75) is 25.9 Å². The van der Waals surface area contributed by atoms with Gasteiger partial charge < -0.3 is 24.5 Å². The number of anilines is 1. The number of aromatic nitrogens is 3. The van der Waals surface area contributed by atoms with Gasteiger partial charge in [-0.25, -0.2) is 9.67 Å². The summed E-state index contributed by atoms with van der Waals surface area (Å²) in [5.41, 5.74) is 5.52. The second-order valence-corrected chi connectivity index (χ2v) is 8.74. The number of nitrogens with zero attached hydrogens (tertiary/aromatic N) is 4. The van der Waals surface area contributed by atoms with Crippen LogP contribution < -0.4 is 10.2 Å². The number of hydrogen-bond donors (Lipinski definition) is 2. The molecule has 2 N–H and O–H groups in total. The van der Waals surface area contributed by atoms with E-state index in [4.69, 9.17) is 19.2 Å². The average molecular weight is 462 g/mol. The van der Waals surface area contributed by atoms with E-state index < -0.39 is 6.10 Å². The minimum absolute atomic E-state index is 0.547. The molecule has 4 heterocycles. The van der Waals surface area contributed by atoms with Crippen LogP contribution in [0.1, 0.15) is 30.3 Å². The zero-order valence-electron chi connectivity index (χ0n) is 19.7. The second kappa shape index (κ2) is 9.97. The fraction of sp³-hybridized carbons (Fsp3) is 0.385. The molecule has 0 bridgehead atoms. The quantitative estimate of drug-likeness (QED) is 0.385. The van der Waals surface area contributed by atoms with Gasteiger partial charge in [0, 0.05) is 37.0 Å². The number of rotatable bonds is 8. The monoisotopic (exact) mass is 461 g/mol. The summed E-state index contributed by atoms with van der Waals surface area (Å²) in [7, 11) is 1.91. The van der Waals surface area contributed by atoms with E-state index in [1.165, 1.54) is 5.56 Å². The SMILES string of the molecule is CNCCCC(O)c1cc2nc(-n3ccc(-c4cccc(C)c4)n3)cc(N3CCOCC3)c2o1. The van der Waals surface area contributed by atoms with Gasteiger partial charge in [0.1, 0.15) is 17.4 Å². The van der Waals surface area contributed by atoms with Gasteiger partial charge in [-0.2, -0.15) is 5.10 Å². The Morgan fingerprint density at radius 3 is 2.79 bits per heavy atom. The third-order valence-corrected chi connectivity index (χ3v) is 6.19.